The number of nitrogens with one attached hydrogen (secondary N) is 1. The van der Waals surface area contributed by atoms with Gasteiger partial charge in [0.25, 0.3) is 0 Å². The number of carboxylic acid groups (broad SMARTS) is 1. The van der Waals surface area contributed by atoms with Gasteiger partial charge in [-0.15, -0.1) is 0 Å². The van der Waals surface area contributed by atoms with Gasteiger partial charge in [0.2, 0.25) is 0 Å². The molecule has 2 heterocycles. The van der Waals surface area contributed by atoms with Crippen molar-refractivity contribution in [1.82, 2.24) is 9.55 Å². The molecule has 9 heteroatoms. The third-order valence-electron chi connectivity index (χ3n) is 4.79. The van der Waals surface area contributed by atoms with E-state index in [1.165, 1.54) is 12.1 Å². The number of halogens is 1. The number of carbonyl (C=O) groups excluding carboxylic acids is 1. The van der Waals surface area contributed by atoms with Crippen LogP contribution in [0.4, 0.5) is 15.0 Å². The summed E-state index contributed by atoms with van der Waals surface area (Å²) in [5, 5.41) is 21.3. The van der Waals surface area contributed by atoms with Gasteiger partial charge in [0.15, 0.2) is 5.82 Å². The van der Waals surface area contributed by atoms with E-state index in [1.807, 2.05) is 18.4 Å². The van der Waals surface area contributed by atoms with Crippen molar-refractivity contribution in [3.63, 3.8) is 0 Å². The summed E-state index contributed by atoms with van der Waals surface area (Å²) in [5.74, 6) is -0.177. The molecule has 0 aliphatic carbocycles. The topological polar surface area (TPSA) is 114 Å². The predicted octanol–water partition coefficient (Wildman–Crippen LogP) is 3.36. The maximum absolute atomic E-state index is 13.4. The summed E-state index contributed by atoms with van der Waals surface area (Å²) in [4.78, 5) is 27.3. The number of anilines is 1. The first-order valence-corrected chi connectivity index (χ1v) is 9.48. The zero-order chi connectivity index (χ0) is 21.1. The minimum absolute atomic E-state index is 0.00761. The Hall–Kier alpha value is -2.94. The molecular formula is C20H24FN3O5. The molecule has 2 atom stereocenters. The molecule has 0 saturated carbocycles. The van der Waals surface area contributed by atoms with Crippen molar-refractivity contribution in [2.24, 2.45) is 0 Å². The van der Waals surface area contributed by atoms with Gasteiger partial charge in [0, 0.05) is 24.9 Å². The summed E-state index contributed by atoms with van der Waals surface area (Å²) in [6.45, 7) is 4.22. The maximum Gasteiger partial charge on any atom is 0.410 e. The third-order valence-corrected chi connectivity index (χ3v) is 4.79. The van der Waals surface area contributed by atoms with Gasteiger partial charge < -0.3 is 19.5 Å². The number of aliphatic hydroxyl groups is 1. The number of cyclic esters (lactones) is 1. The Balaban J connectivity index is 1.97. The average Bonchev–Trinajstić information content (AvgIpc) is 2.97. The van der Waals surface area contributed by atoms with Crippen molar-refractivity contribution >= 4 is 17.9 Å². The standard InChI is InChI=1S/C20H24FN3O5/c1-11(2)17-18(23-20(27)28)22-19(12-3-5-13(21)6-4-12)24(17)8-7-15-9-14(25)10-16(26)29-15/h3-6,11,14-15,23,25H,7-10H2,1-2H3,(H,27,28). The lowest BCUT2D eigenvalue weighted by molar-refractivity contribution is -0.160. The van der Waals surface area contributed by atoms with Gasteiger partial charge in [-0.2, -0.15) is 0 Å². The third kappa shape index (κ3) is 4.92. The van der Waals surface area contributed by atoms with E-state index in [0.29, 0.717) is 36.5 Å². The number of imidazole rings is 1. The largest absolute Gasteiger partial charge is 0.465 e. The van der Waals surface area contributed by atoms with Crippen molar-refractivity contribution < 1.29 is 28.9 Å². The average molecular weight is 405 g/mol. The Morgan fingerprint density at radius 3 is 2.66 bits per heavy atom. The van der Waals surface area contributed by atoms with Gasteiger partial charge in [0.1, 0.15) is 17.7 Å². The lowest BCUT2D eigenvalue weighted by Gasteiger charge is -2.26. The van der Waals surface area contributed by atoms with Crippen LogP contribution in [-0.2, 0) is 16.1 Å². The highest BCUT2D eigenvalue weighted by Gasteiger charge is 2.28. The number of amides is 1. The first kappa shape index (κ1) is 20.8. The Labute approximate surface area is 167 Å². The molecule has 1 aromatic heterocycles. The van der Waals surface area contributed by atoms with Crippen LogP contribution in [0.15, 0.2) is 24.3 Å². The Morgan fingerprint density at radius 2 is 2.07 bits per heavy atom. The number of benzene rings is 1. The summed E-state index contributed by atoms with van der Waals surface area (Å²) in [7, 11) is 0. The van der Waals surface area contributed by atoms with Crippen molar-refractivity contribution in [2.75, 3.05) is 5.32 Å². The number of ether oxygens (including phenoxy) is 1. The molecule has 2 unspecified atom stereocenters. The Kier molecular flexibility index (Phi) is 6.17. The van der Waals surface area contributed by atoms with Gasteiger partial charge in [-0.05, 0) is 30.2 Å². The van der Waals surface area contributed by atoms with Crippen LogP contribution in [0, 0.1) is 5.82 Å². The molecule has 1 amide bonds. The van der Waals surface area contributed by atoms with Crippen LogP contribution in [-0.4, -0.2) is 44.0 Å². The minimum Gasteiger partial charge on any atom is -0.465 e. The molecule has 3 rings (SSSR count). The molecule has 1 saturated heterocycles. The van der Waals surface area contributed by atoms with Gasteiger partial charge in [-0.1, -0.05) is 13.8 Å². The van der Waals surface area contributed by atoms with Gasteiger partial charge in [-0.25, -0.2) is 14.2 Å². The zero-order valence-electron chi connectivity index (χ0n) is 16.3. The molecule has 1 aliphatic heterocycles. The summed E-state index contributed by atoms with van der Waals surface area (Å²) in [5.41, 5.74) is 1.31. The predicted molar refractivity (Wildman–Crippen MR) is 103 cm³/mol. The number of esters is 1. The van der Waals surface area contributed by atoms with Crippen molar-refractivity contribution in [3.8, 4) is 11.4 Å². The van der Waals surface area contributed by atoms with Crippen LogP contribution in [0.3, 0.4) is 0 Å². The summed E-state index contributed by atoms with van der Waals surface area (Å²) >= 11 is 0. The molecule has 2 aromatic rings. The number of aliphatic hydroxyl groups excluding tert-OH is 1. The molecule has 1 aliphatic rings. The van der Waals surface area contributed by atoms with Crippen molar-refractivity contribution in [3.05, 3.63) is 35.8 Å². The molecular weight excluding hydrogens is 381 g/mol. The second-order valence-corrected chi connectivity index (χ2v) is 7.41. The van der Waals surface area contributed by atoms with Crippen molar-refractivity contribution in [2.45, 2.75) is 57.8 Å². The number of hydrogen-bond acceptors (Lipinski definition) is 5. The number of nitrogens with zero attached hydrogens (tertiary/aromatic N) is 2. The van der Waals surface area contributed by atoms with E-state index in [2.05, 4.69) is 10.3 Å². The quantitative estimate of drug-likeness (QED) is 0.635. The smallest absolute Gasteiger partial charge is 0.410 e. The second-order valence-electron chi connectivity index (χ2n) is 7.41. The van der Waals surface area contributed by atoms with Gasteiger partial charge >= 0.3 is 12.1 Å². The van der Waals surface area contributed by atoms with Crippen molar-refractivity contribution in [1.29, 1.82) is 0 Å². The maximum atomic E-state index is 13.4. The van der Waals surface area contributed by atoms with E-state index < -0.39 is 24.3 Å². The van der Waals surface area contributed by atoms with E-state index in [-0.39, 0.29) is 24.0 Å². The highest BCUT2D eigenvalue weighted by molar-refractivity contribution is 5.83. The first-order valence-electron chi connectivity index (χ1n) is 9.48. The number of aromatic nitrogens is 2. The molecule has 1 fully saturated rings. The summed E-state index contributed by atoms with van der Waals surface area (Å²) in [6, 6.07) is 5.78. The molecule has 0 bridgehead atoms. The fraction of sp³-hybridized carbons (Fsp3) is 0.450. The molecule has 29 heavy (non-hydrogen) atoms. The van der Waals surface area contributed by atoms with Crippen LogP contribution in [0.1, 0.15) is 44.7 Å². The SMILES string of the molecule is CC(C)c1c(NC(=O)O)nc(-c2ccc(F)cc2)n1CCC1CC(O)CC(=O)O1. The fourth-order valence-electron chi connectivity index (χ4n) is 3.60. The molecule has 0 spiro atoms. The van der Waals surface area contributed by atoms with Crippen LogP contribution in [0.5, 0.6) is 0 Å². The highest BCUT2D eigenvalue weighted by atomic mass is 19.1. The minimum atomic E-state index is -1.23. The van der Waals surface area contributed by atoms with Crippen LogP contribution in [0.25, 0.3) is 11.4 Å². The number of rotatable bonds is 6. The van der Waals surface area contributed by atoms with Crippen LogP contribution >= 0.6 is 0 Å². The monoisotopic (exact) mass is 405 g/mol. The van der Waals surface area contributed by atoms with E-state index >= 15 is 0 Å². The van der Waals surface area contributed by atoms with E-state index in [4.69, 9.17) is 4.74 Å². The first-order chi connectivity index (χ1) is 13.7. The summed E-state index contributed by atoms with van der Waals surface area (Å²) < 4.78 is 20.5. The van der Waals surface area contributed by atoms with E-state index in [9.17, 15) is 24.2 Å². The zero-order valence-corrected chi connectivity index (χ0v) is 16.3. The van der Waals surface area contributed by atoms with Crippen LogP contribution in [0.2, 0.25) is 0 Å². The number of hydrogen-bond donors (Lipinski definition) is 3. The van der Waals surface area contributed by atoms with Crippen LogP contribution < -0.4 is 5.32 Å². The van der Waals surface area contributed by atoms with Gasteiger partial charge in [-0.3, -0.25) is 10.1 Å². The summed E-state index contributed by atoms with van der Waals surface area (Å²) in [6.07, 6.45) is -1.62. The van der Waals surface area contributed by atoms with E-state index in [1.54, 1.807) is 12.1 Å². The van der Waals surface area contributed by atoms with Gasteiger partial charge in [0.05, 0.1) is 18.2 Å². The molecule has 3 N–H and O–H groups in total. The molecule has 8 nitrogen and oxygen atoms in total. The highest BCUT2D eigenvalue weighted by Crippen LogP contribution is 2.32. The lowest BCUT2D eigenvalue weighted by atomic mass is 10.0. The fourth-order valence-corrected chi connectivity index (χ4v) is 3.60. The Bertz CT molecular complexity index is 894. The Morgan fingerprint density at radius 1 is 1.38 bits per heavy atom. The molecule has 1 aromatic carbocycles. The number of carbonyl (C=O) groups is 2. The second kappa shape index (κ2) is 8.60. The molecule has 156 valence electrons. The molecule has 0 radical (unpaired) electrons. The van der Waals surface area contributed by atoms with E-state index in [0.717, 1.165) is 0 Å². The normalized spacial score (nSPS) is 19.3. The lowest BCUT2D eigenvalue weighted by Crippen LogP contribution is -2.33.